The van der Waals surface area contributed by atoms with E-state index in [0.29, 0.717) is 48.0 Å². The normalized spacial score (nSPS) is 12.3. The fraction of sp³-hybridized carbons (Fsp3) is 0.297. The summed E-state index contributed by atoms with van der Waals surface area (Å²) in [5.41, 5.74) is -1.43. The summed E-state index contributed by atoms with van der Waals surface area (Å²) in [6.45, 7) is 2.17. The number of pyridine rings is 1. The summed E-state index contributed by atoms with van der Waals surface area (Å²) in [6.07, 6.45) is 6.76. The zero-order chi connectivity index (χ0) is 36.1. The maximum absolute atomic E-state index is 15.5. The Morgan fingerprint density at radius 2 is 1.67 bits per heavy atom. The number of hydrogen-bond donors (Lipinski definition) is 1. The molecule has 266 valence electrons. The van der Waals surface area contributed by atoms with Crippen molar-refractivity contribution in [3.63, 3.8) is 0 Å². The molecule has 0 unspecified atom stereocenters. The van der Waals surface area contributed by atoms with Crippen molar-refractivity contribution in [3.05, 3.63) is 105 Å². The average Bonchev–Trinajstić information content (AvgIpc) is 3.11. The monoisotopic (exact) mass is 701 g/mol. The SMILES string of the molecule is CN(C)CCCCCCOc1cc2nccc(Oc3ccc(NC(=O)c4cn(C)c(=O)n(-c5ccc(F)cc5)c4=O)cc3F)c2c2c1OCCO2. The fourth-order valence-electron chi connectivity index (χ4n) is 5.65. The predicted octanol–water partition coefficient (Wildman–Crippen LogP) is 5.68. The minimum absolute atomic E-state index is 0.0274. The van der Waals surface area contributed by atoms with Gasteiger partial charge in [0.2, 0.25) is 5.75 Å². The highest BCUT2D eigenvalue weighted by atomic mass is 19.1. The van der Waals surface area contributed by atoms with Gasteiger partial charge in [-0.15, -0.1) is 0 Å². The van der Waals surface area contributed by atoms with Gasteiger partial charge in [0.1, 0.15) is 30.3 Å². The Labute approximate surface area is 291 Å². The molecule has 14 heteroatoms. The highest BCUT2D eigenvalue weighted by Gasteiger charge is 2.25. The van der Waals surface area contributed by atoms with Crippen LogP contribution in [0.3, 0.4) is 0 Å². The molecule has 3 heterocycles. The van der Waals surface area contributed by atoms with Gasteiger partial charge in [-0.05, 0) is 75.9 Å². The number of nitrogens with one attached hydrogen (secondary N) is 1. The fourth-order valence-corrected chi connectivity index (χ4v) is 5.65. The number of nitrogens with zero attached hydrogens (tertiary/aromatic N) is 4. The Hall–Kier alpha value is -5.76. The van der Waals surface area contributed by atoms with Gasteiger partial charge in [0.25, 0.3) is 11.5 Å². The summed E-state index contributed by atoms with van der Waals surface area (Å²) in [6, 6.07) is 11.8. The molecule has 2 aromatic heterocycles. The molecule has 0 fully saturated rings. The van der Waals surface area contributed by atoms with Gasteiger partial charge in [0.05, 0.1) is 23.2 Å². The van der Waals surface area contributed by atoms with Crippen molar-refractivity contribution in [2.45, 2.75) is 25.7 Å². The largest absolute Gasteiger partial charge is 0.489 e. The van der Waals surface area contributed by atoms with Gasteiger partial charge in [-0.1, -0.05) is 12.8 Å². The molecule has 51 heavy (non-hydrogen) atoms. The second kappa shape index (κ2) is 15.4. The lowest BCUT2D eigenvalue weighted by Gasteiger charge is -2.23. The first-order valence-corrected chi connectivity index (χ1v) is 16.5. The first-order chi connectivity index (χ1) is 24.6. The van der Waals surface area contributed by atoms with Crippen LogP contribution in [0.15, 0.2) is 76.6 Å². The van der Waals surface area contributed by atoms with Crippen LogP contribution in [0.5, 0.6) is 28.7 Å². The molecule has 3 aromatic carbocycles. The average molecular weight is 702 g/mol. The lowest BCUT2D eigenvalue weighted by Crippen LogP contribution is -2.41. The predicted molar refractivity (Wildman–Crippen MR) is 187 cm³/mol. The van der Waals surface area contributed by atoms with E-state index >= 15 is 4.39 Å². The molecule has 6 rings (SSSR count). The maximum Gasteiger partial charge on any atom is 0.335 e. The number of fused-ring (bicyclic) bond motifs is 3. The maximum atomic E-state index is 15.5. The number of rotatable bonds is 13. The minimum Gasteiger partial charge on any atom is -0.489 e. The third kappa shape index (κ3) is 7.86. The van der Waals surface area contributed by atoms with Gasteiger partial charge in [0, 0.05) is 37.3 Å². The van der Waals surface area contributed by atoms with E-state index in [1.807, 2.05) is 0 Å². The number of anilines is 1. The first-order valence-electron chi connectivity index (χ1n) is 16.5. The van der Waals surface area contributed by atoms with Crippen LogP contribution in [0.2, 0.25) is 0 Å². The summed E-state index contributed by atoms with van der Waals surface area (Å²) in [7, 11) is 5.49. The molecule has 1 aliphatic rings. The van der Waals surface area contributed by atoms with Crippen LogP contribution < -0.4 is 35.5 Å². The smallest absolute Gasteiger partial charge is 0.335 e. The van der Waals surface area contributed by atoms with E-state index in [2.05, 4.69) is 29.3 Å². The van der Waals surface area contributed by atoms with E-state index in [1.54, 1.807) is 12.1 Å². The zero-order valence-corrected chi connectivity index (χ0v) is 28.4. The topological polar surface area (TPSA) is 126 Å². The van der Waals surface area contributed by atoms with E-state index in [9.17, 15) is 18.8 Å². The Bertz CT molecular complexity index is 2180. The van der Waals surface area contributed by atoms with E-state index in [0.717, 1.165) is 65.8 Å². The van der Waals surface area contributed by atoms with Crippen LogP contribution in [0.1, 0.15) is 36.0 Å². The van der Waals surface area contributed by atoms with Crippen molar-refractivity contribution in [1.82, 2.24) is 19.0 Å². The molecule has 1 aliphatic heterocycles. The Morgan fingerprint density at radius 1 is 0.922 bits per heavy atom. The molecule has 0 radical (unpaired) electrons. The van der Waals surface area contributed by atoms with Crippen LogP contribution in [0.4, 0.5) is 14.5 Å². The first kappa shape index (κ1) is 35.1. The number of unbranched alkanes of at least 4 members (excludes halogenated alkanes) is 3. The molecule has 1 amide bonds. The molecule has 5 aromatic rings. The minimum atomic E-state index is -0.925. The van der Waals surface area contributed by atoms with Crippen LogP contribution in [-0.4, -0.2) is 65.4 Å². The highest BCUT2D eigenvalue weighted by molar-refractivity contribution is 6.04. The van der Waals surface area contributed by atoms with Gasteiger partial charge in [-0.25, -0.2) is 18.1 Å². The van der Waals surface area contributed by atoms with Crippen LogP contribution in [0.25, 0.3) is 16.6 Å². The molecule has 12 nitrogen and oxygen atoms in total. The number of benzene rings is 3. The van der Waals surface area contributed by atoms with E-state index in [1.165, 1.54) is 37.5 Å². The van der Waals surface area contributed by atoms with E-state index < -0.39 is 28.8 Å². The molecule has 0 aliphatic carbocycles. The van der Waals surface area contributed by atoms with Gasteiger partial charge in [-0.3, -0.25) is 14.6 Å². The van der Waals surface area contributed by atoms with Crippen molar-refractivity contribution in [2.75, 3.05) is 45.8 Å². The van der Waals surface area contributed by atoms with Gasteiger partial charge >= 0.3 is 5.69 Å². The molecule has 0 saturated heterocycles. The van der Waals surface area contributed by atoms with E-state index in [4.69, 9.17) is 18.9 Å². The van der Waals surface area contributed by atoms with Crippen molar-refractivity contribution < 1.29 is 32.5 Å². The van der Waals surface area contributed by atoms with Crippen LogP contribution in [-0.2, 0) is 7.05 Å². The molecular formula is C37H37F2N5O7. The zero-order valence-electron chi connectivity index (χ0n) is 28.4. The summed E-state index contributed by atoms with van der Waals surface area (Å²) >= 11 is 0. The van der Waals surface area contributed by atoms with Crippen molar-refractivity contribution in [3.8, 4) is 34.4 Å². The number of amides is 1. The number of aryl methyl sites for hydroxylation is 1. The number of carbonyl (C=O) groups is 1. The number of ether oxygens (including phenoxy) is 4. The Kier molecular flexibility index (Phi) is 10.6. The Morgan fingerprint density at radius 3 is 2.41 bits per heavy atom. The second-order valence-corrected chi connectivity index (χ2v) is 12.3. The number of halogens is 2. The molecule has 1 N–H and O–H groups in total. The third-order valence-corrected chi connectivity index (χ3v) is 8.19. The van der Waals surface area contributed by atoms with Crippen molar-refractivity contribution in [1.29, 1.82) is 0 Å². The van der Waals surface area contributed by atoms with Gasteiger partial charge in [-0.2, -0.15) is 0 Å². The number of aromatic nitrogens is 3. The summed E-state index contributed by atoms with van der Waals surface area (Å²) in [5.74, 6) is -0.825. The molecule has 0 atom stereocenters. The summed E-state index contributed by atoms with van der Waals surface area (Å²) in [4.78, 5) is 45.8. The molecule has 0 spiro atoms. The second-order valence-electron chi connectivity index (χ2n) is 12.3. The lowest BCUT2D eigenvalue weighted by atomic mass is 10.1. The summed E-state index contributed by atoms with van der Waals surface area (Å²) in [5, 5.41) is 2.97. The Balaban J connectivity index is 1.20. The third-order valence-electron chi connectivity index (χ3n) is 8.19. The standard InChI is InChI=1S/C37H37F2N5O7/c1-42(2)16-6-4-5-7-17-48-31-21-28-32(34-33(31)49-18-19-50-34)30(14-15-40-28)51-29-13-10-24(20-27(29)39)41-35(45)26-22-43(3)37(47)44(36(26)46)25-11-8-23(38)9-12-25/h8-15,20-22H,4-7,16-19H2,1-3H3,(H,41,45). The number of hydrogen-bond acceptors (Lipinski definition) is 9. The quantitative estimate of drug-likeness (QED) is 0.154. The van der Waals surface area contributed by atoms with Crippen molar-refractivity contribution in [2.24, 2.45) is 7.05 Å². The van der Waals surface area contributed by atoms with Gasteiger partial charge < -0.3 is 33.7 Å². The van der Waals surface area contributed by atoms with Crippen LogP contribution >= 0.6 is 0 Å². The number of carbonyl (C=O) groups excluding carboxylic acids is 1. The highest BCUT2D eigenvalue weighted by Crippen LogP contribution is 2.48. The molecule has 0 saturated carbocycles. The van der Waals surface area contributed by atoms with Gasteiger partial charge in [0.15, 0.2) is 23.1 Å². The molecule has 0 bridgehead atoms. The summed E-state index contributed by atoms with van der Waals surface area (Å²) < 4.78 is 54.8. The van der Waals surface area contributed by atoms with Crippen LogP contribution in [0, 0.1) is 11.6 Å². The van der Waals surface area contributed by atoms with E-state index in [-0.39, 0.29) is 28.4 Å². The molecular weight excluding hydrogens is 664 g/mol. The lowest BCUT2D eigenvalue weighted by molar-refractivity contribution is 0.102. The van der Waals surface area contributed by atoms with Crippen molar-refractivity contribution >= 4 is 22.5 Å².